The summed E-state index contributed by atoms with van der Waals surface area (Å²) in [5.74, 6) is -0.757. The van der Waals surface area contributed by atoms with Crippen LogP contribution in [0.4, 0.5) is 10.1 Å². The molecule has 3 aromatic carbocycles. The van der Waals surface area contributed by atoms with Crippen molar-refractivity contribution in [2.75, 3.05) is 0 Å². The van der Waals surface area contributed by atoms with Crippen LogP contribution in [0.3, 0.4) is 0 Å². The molecule has 0 aromatic heterocycles. The van der Waals surface area contributed by atoms with Crippen molar-refractivity contribution in [1.29, 1.82) is 0 Å². The van der Waals surface area contributed by atoms with Crippen molar-refractivity contribution in [2.45, 2.75) is 9.79 Å². The number of rotatable bonds is 2. The Bertz CT molecular complexity index is 1030. The van der Waals surface area contributed by atoms with Crippen LogP contribution >= 0.6 is 11.8 Å². The van der Waals surface area contributed by atoms with Gasteiger partial charge in [-0.1, -0.05) is 36.0 Å². The highest BCUT2D eigenvalue weighted by Gasteiger charge is 2.16. The van der Waals surface area contributed by atoms with E-state index in [4.69, 9.17) is 5.73 Å². The molecule has 0 aliphatic carbocycles. The van der Waals surface area contributed by atoms with Crippen LogP contribution in [0.2, 0.25) is 0 Å². The molecule has 0 fully saturated rings. The Morgan fingerprint density at radius 3 is 2.64 bits per heavy atom. The molecule has 5 heteroatoms. The first-order chi connectivity index (χ1) is 12.1. The van der Waals surface area contributed by atoms with E-state index >= 15 is 0 Å². The Hall–Kier alpha value is -2.92. The summed E-state index contributed by atoms with van der Waals surface area (Å²) in [4.78, 5) is 17.9. The van der Waals surface area contributed by atoms with Crippen molar-refractivity contribution in [3.63, 3.8) is 0 Å². The summed E-state index contributed by atoms with van der Waals surface area (Å²) >= 11 is 1.57. The molecular formula is C20H13FN2OS. The number of primary amides is 1. The van der Waals surface area contributed by atoms with Gasteiger partial charge in [-0.3, -0.25) is 9.79 Å². The molecular weight excluding hydrogens is 335 g/mol. The number of carbonyl (C=O) groups is 1. The SMILES string of the molecule is NC(=O)c1ccc2c(c1)N=Cc1c(cccc1-c1cccc(F)c1)S2. The van der Waals surface area contributed by atoms with E-state index in [2.05, 4.69) is 4.99 Å². The number of fused-ring (bicyclic) bond motifs is 2. The smallest absolute Gasteiger partial charge is 0.248 e. The fraction of sp³-hybridized carbons (Fsp3) is 0. The van der Waals surface area contributed by atoms with Crippen molar-refractivity contribution < 1.29 is 9.18 Å². The first kappa shape index (κ1) is 15.6. The first-order valence-corrected chi connectivity index (χ1v) is 8.48. The summed E-state index contributed by atoms with van der Waals surface area (Å²) in [5.41, 5.74) is 9.11. The number of nitrogens with two attached hydrogens (primary N) is 1. The van der Waals surface area contributed by atoms with Gasteiger partial charge in [-0.05, 0) is 47.5 Å². The number of halogens is 1. The molecule has 0 atom stereocenters. The summed E-state index contributed by atoms with van der Waals surface area (Å²) in [6, 6.07) is 17.6. The number of hydrogen-bond acceptors (Lipinski definition) is 3. The highest BCUT2D eigenvalue weighted by atomic mass is 32.2. The summed E-state index contributed by atoms with van der Waals surface area (Å²) in [7, 11) is 0. The standard InChI is InChI=1S/C20H13FN2OS/c21-14-4-1-3-12(9-14)15-5-2-6-18-16(15)11-23-17-10-13(20(22)24)7-8-19(17)25-18/h1-11H,(H2,22,24). The van der Waals surface area contributed by atoms with Gasteiger partial charge in [0.25, 0.3) is 0 Å². The average molecular weight is 348 g/mol. The summed E-state index contributed by atoms with van der Waals surface area (Å²) in [5, 5.41) is 0. The second-order valence-corrected chi connectivity index (χ2v) is 6.72. The van der Waals surface area contributed by atoms with Crippen molar-refractivity contribution >= 4 is 29.6 Å². The lowest BCUT2D eigenvalue weighted by molar-refractivity contribution is 0.100. The second-order valence-electron chi connectivity index (χ2n) is 5.63. The van der Waals surface area contributed by atoms with E-state index in [1.807, 2.05) is 30.3 Å². The third-order valence-corrected chi connectivity index (χ3v) is 5.14. The molecule has 3 aromatic rings. The minimum absolute atomic E-state index is 0.275. The molecule has 3 nitrogen and oxygen atoms in total. The molecule has 1 heterocycles. The van der Waals surface area contributed by atoms with Crippen molar-refractivity contribution in [3.8, 4) is 11.1 Å². The quantitative estimate of drug-likeness (QED) is 0.565. The van der Waals surface area contributed by atoms with Gasteiger partial charge in [0.1, 0.15) is 5.82 Å². The highest BCUT2D eigenvalue weighted by molar-refractivity contribution is 7.99. The van der Waals surface area contributed by atoms with Crippen LogP contribution in [0, 0.1) is 5.82 Å². The molecule has 0 unspecified atom stereocenters. The lowest BCUT2D eigenvalue weighted by atomic mass is 10.00. The van der Waals surface area contributed by atoms with E-state index in [1.165, 1.54) is 12.1 Å². The zero-order valence-corrected chi connectivity index (χ0v) is 13.9. The summed E-state index contributed by atoms with van der Waals surface area (Å²) in [6.07, 6.45) is 1.76. The number of carbonyl (C=O) groups excluding carboxylic acids is 1. The fourth-order valence-corrected chi connectivity index (χ4v) is 3.79. The molecule has 0 bridgehead atoms. The van der Waals surface area contributed by atoms with Gasteiger partial charge < -0.3 is 5.73 Å². The maximum Gasteiger partial charge on any atom is 0.248 e. The van der Waals surface area contributed by atoms with Crippen molar-refractivity contribution in [3.05, 3.63) is 77.6 Å². The number of amides is 1. The average Bonchev–Trinajstić information content (AvgIpc) is 2.80. The Morgan fingerprint density at radius 1 is 1.00 bits per heavy atom. The van der Waals surface area contributed by atoms with Gasteiger partial charge in [0.15, 0.2) is 0 Å². The lowest BCUT2D eigenvalue weighted by Crippen LogP contribution is -2.10. The third-order valence-electron chi connectivity index (χ3n) is 4.00. The van der Waals surface area contributed by atoms with Gasteiger partial charge in [0.05, 0.1) is 5.69 Å². The minimum atomic E-state index is -0.481. The summed E-state index contributed by atoms with van der Waals surface area (Å²) in [6.45, 7) is 0. The van der Waals surface area contributed by atoms with Gasteiger partial charge in [-0.25, -0.2) is 4.39 Å². The van der Waals surface area contributed by atoms with Gasteiger partial charge in [-0.15, -0.1) is 0 Å². The Kier molecular flexibility index (Phi) is 3.86. The molecule has 0 radical (unpaired) electrons. The number of nitrogens with zero attached hydrogens (tertiary/aromatic N) is 1. The Labute approximate surface area is 148 Å². The zero-order chi connectivity index (χ0) is 17.4. The van der Waals surface area contributed by atoms with E-state index in [0.717, 1.165) is 26.5 Å². The van der Waals surface area contributed by atoms with Crippen molar-refractivity contribution in [2.24, 2.45) is 10.7 Å². The number of hydrogen-bond donors (Lipinski definition) is 1. The zero-order valence-electron chi connectivity index (χ0n) is 13.1. The molecule has 25 heavy (non-hydrogen) atoms. The van der Waals surface area contributed by atoms with Gasteiger partial charge in [0.2, 0.25) is 5.91 Å². The second kappa shape index (κ2) is 6.18. The fourth-order valence-electron chi connectivity index (χ4n) is 2.78. The van der Waals surface area contributed by atoms with E-state index in [-0.39, 0.29) is 5.82 Å². The molecule has 0 saturated heterocycles. The largest absolute Gasteiger partial charge is 0.366 e. The van der Waals surface area contributed by atoms with Crippen LogP contribution in [0.15, 0.2) is 75.4 Å². The topological polar surface area (TPSA) is 55.5 Å². The number of benzene rings is 3. The maximum absolute atomic E-state index is 13.6. The maximum atomic E-state index is 13.6. The van der Waals surface area contributed by atoms with Crippen LogP contribution in [-0.4, -0.2) is 12.1 Å². The Morgan fingerprint density at radius 2 is 1.84 bits per heavy atom. The lowest BCUT2D eigenvalue weighted by Gasteiger charge is -2.10. The first-order valence-electron chi connectivity index (χ1n) is 7.66. The van der Waals surface area contributed by atoms with Gasteiger partial charge in [-0.2, -0.15) is 0 Å². The molecule has 122 valence electrons. The van der Waals surface area contributed by atoms with Crippen LogP contribution in [0.25, 0.3) is 11.1 Å². The van der Waals surface area contributed by atoms with E-state index in [9.17, 15) is 9.18 Å². The molecule has 4 rings (SSSR count). The number of aliphatic imine (C=N–C) groups is 1. The van der Waals surface area contributed by atoms with Crippen molar-refractivity contribution in [1.82, 2.24) is 0 Å². The predicted molar refractivity (Wildman–Crippen MR) is 98.2 cm³/mol. The van der Waals surface area contributed by atoms with E-state index in [1.54, 1.807) is 36.2 Å². The van der Waals surface area contributed by atoms with E-state index < -0.39 is 5.91 Å². The monoisotopic (exact) mass is 348 g/mol. The molecule has 2 N–H and O–H groups in total. The third kappa shape index (κ3) is 2.94. The highest BCUT2D eigenvalue weighted by Crippen LogP contribution is 2.41. The summed E-state index contributed by atoms with van der Waals surface area (Å²) < 4.78 is 13.6. The molecule has 0 saturated carbocycles. The molecule has 0 spiro atoms. The van der Waals surface area contributed by atoms with Gasteiger partial charge >= 0.3 is 0 Å². The predicted octanol–water partition coefficient (Wildman–Crippen LogP) is 4.81. The van der Waals surface area contributed by atoms with Crippen LogP contribution < -0.4 is 5.73 Å². The van der Waals surface area contributed by atoms with Gasteiger partial charge in [0, 0.05) is 27.1 Å². The minimum Gasteiger partial charge on any atom is -0.366 e. The molecule has 1 aliphatic heterocycles. The van der Waals surface area contributed by atoms with E-state index in [0.29, 0.717) is 11.3 Å². The molecule has 1 aliphatic rings. The van der Waals surface area contributed by atoms with Crippen LogP contribution in [0.5, 0.6) is 0 Å². The van der Waals surface area contributed by atoms with Crippen LogP contribution in [-0.2, 0) is 0 Å². The van der Waals surface area contributed by atoms with Crippen LogP contribution in [0.1, 0.15) is 15.9 Å². The Balaban J connectivity index is 1.85. The normalized spacial score (nSPS) is 12.2. The molecule has 1 amide bonds.